The van der Waals surface area contributed by atoms with E-state index in [4.69, 9.17) is 0 Å². The lowest BCUT2D eigenvalue weighted by atomic mass is 9.59. The third-order valence-corrected chi connectivity index (χ3v) is 12.7. The van der Waals surface area contributed by atoms with E-state index in [0.717, 1.165) is 25.7 Å². The molecule has 0 aromatic heterocycles. The molecule has 7 aromatic carbocycles. The van der Waals surface area contributed by atoms with Gasteiger partial charge in [0.15, 0.2) is 0 Å². The maximum absolute atomic E-state index is 2.58. The van der Waals surface area contributed by atoms with Crippen molar-refractivity contribution in [3.63, 3.8) is 0 Å². The topological polar surface area (TPSA) is 6.48 Å². The summed E-state index contributed by atoms with van der Waals surface area (Å²) in [5.74, 6) is 0. The first-order chi connectivity index (χ1) is 26.5. The van der Waals surface area contributed by atoms with Gasteiger partial charge in [-0.3, -0.25) is 0 Å². The molecular weight excluding hydrogens is 653 g/mol. The van der Waals surface area contributed by atoms with E-state index in [2.05, 4.69) is 194 Å². The summed E-state index contributed by atoms with van der Waals surface area (Å²) in [5, 5.41) is 0. The second-order valence-corrected chi connectivity index (χ2v) is 16.0. The molecule has 0 unspecified atom stereocenters. The van der Waals surface area contributed by atoms with E-state index in [-0.39, 0.29) is 10.8 Å². The number of hydrogen-bond donors (Lipinski definition) is 0. The van der Waals surface area contributed by atoms with Gasteiger partial charge < -0.3 is 9.80 Å². The van der Waals surface area contributed by atoms with Crippen LogP contribution in [0, 0.1) is 0 Å². The van der Waals surface area contributed by atoms with Crippen LogP contribution in [0.15, 0.2) is 170 Å². The minimum absolute atomic E-state index is 0.0861. The van der Waals surface area contributed by atoms with Crippen molar-refractivity contribution < 1.29 is 0 Å². The third-order valence-electron chi connectivity index (χ3n) is 12.7. The Morgan fingerprint density at radius 3 is 1.41 bits per heavy atom. The minimum Gasteiger partial charge on any atom is -0.310 e. The van der Waals surface area contributed by atoms with Gasteiger partial charge in [-0.2, -0.15) is 0 Å². The first-order valence-corrected chi connectivity index (χ1v) is 19.8. The van der Waals surface area contributed by atoms with Crippen LogP contribution in [0.2, 0.25) is 0 Å². The summed E-state index contributed by atoms with van der Waals surface area (Å²) in [5.41, 5.74) is 18.7. The van der Waals surface area contributed by atoms with Crippen molar-refractivity contribution in [1.29, 1.82) is 0 Å². The smallest absolute Gasteiger partial charge is 0.0505 e. The maximum atomic E-state index is 2.58. The number of benzene rings is 7. The Labute approximate surface area is 320 Å². The van der Waals surface area contributed by atoms with Crippen LogP contribution in [-0.4, -0.2) is 0 Å². The number of aryl methyl sites for hydroxylation is 2. The van der Waals surface area contributed by atoms with Gasteiger partial charge in [-0.05, 0) is 144 Å². The van der Waals surface area contributed by atoms with Crippen molar-refractivity contribution >= 4 is 34.1 Å². The van der Waals surface area contributed by atoms with Gasteiger partial charge in [0, 0.05) is 33.6 Å². The summed E-state index contributed by atoms with van der Waals surface area (Å²) in [6, 6.07) is 63.5. The van der Waals surface area contributed by atoms with E-state index < -0.39 is 0 Å². The third kappa shape index (κ3) is 5.07. The maximum Gasteiger partial charge on any atom is 0.0505 e. The normalized spacial score (nSPS) is 17.6. The Morgan fingerprint density at radius 2 is 0.870 bits per heavy atom. The average molecular weight is 699 g/mol. The molecule has 1 spiro atoms. The molecule has 7 aromatic rings. The van der Waals surface area contributed by atoms with Crippen LogP contribution in [0.1, 0.15) is 72.9 Å². The van der Waals surface area contributed by atoms with Gasteiger partial charge in [-0.1, -0.05) is 123 Å². The Balaban J connectivity index is 1.22. The van der Waals surface area contributed by atoms with Crippen LogP contribution in [-0.2, 0) is 23.7 Å². The molecule has 0 N–H and O–H groups in total. The fourth-order valence-electron chi connectivity index (χ4n) is 10.4. The van der Waals surface area contributed by atoms with Gasteiger partial charge in [-0.25, -0.2) is 0 Å². The number of anilines is 6. The number of fused-ring (bicyclic) bond motifs is 7. The molecule has 10 rings (SSSR count). The number of hydrogen-bond acceptors (Lipinski definition) is 2. The molecule has 0 aliphatic heterocycles. The lowest BCUT2D eigenvalue weighted by Gasteiger charge is -2.48. The quantitative estimate of drug-likeness (QED) is 0.171. The van der Waals surface area contributed by atoms with Crippen LogP contribution in [0.3, 0.4) is 0 Å². The molecule has 0 amide bonds. The van der Waals surface area contributed by atoms with E-state index >= 15 is 0 Å². The van der Waals surface area contributed by atoms with E-state index in [1.807, 2.05) is 0 Å². The van der Waals surface area contributed by atoms with Gasteiger partial charge in [0.05, 0.1) is 11.4 Å². The van der Waals surface area contributed by atoms with Crippen LogP contribution in [0.25, 0.3) is 11.1 Å². The fraction of sp³-hybridized carbons (Fsp3) is 0.192. The molecule has 2 heteroatoms. The van der Waals surface area contributed by atoms with Crippen molar-refractivity contribution in [1.82, 2.24) is 0 Å². The molecule has 3 aliphatic rings. The van der Waals surface area contributed by atoms with Gasteiger partial charge in [0.1, 0.15) is 0 Å². The Morgan fingerprint density at radius 1 is 0.407 bits per heavy atom. The van der Waals surface area contributed by atoms with Gasteiger partial charge in [0.25, 0.3) is 0 Å². The minimum atomic E-state index is -0.143. The van der Waals surface area contributed by atoms with Gasteiger partial charge in [-0.15, -0.1) is 0 Å². The molecule has 0 bridgehead atoms. The summed E-state index contributed by atoms with van der Waals surface area (Å²) in [7, 11) is 0. The highest BCUT2D eigenvalue weighted by Gasteiger charge is 2.46. The highest BCUT2D eigenvalue weighted by atomic mass is 15.2. The summed E-state index contributed by atoms with van der Waals surface area (Å²) >= 11 is 0. The first-order valence-electron chi connectivity index (χ1n) is 19.8. The van der Waals surface area contributed by atoms with E-state index in [1.165, 1.54) is 91.5 Å². The van der Waals surface area contributed by atoms with Crippen molar-refractivity contribution in [2.75, 3.05) is 9.80 Å². The van der Waals surface area contributed by atoms with Crippen LogP contribution >= 0.6 is 0 Å². The molecule has 264 valence electrons. The molecule has 0 saturated heterocycles. The second-order valence-electron chi connectivity index (χ2n) is 16.0. The predicted octanol–water partition coefficient (Wildman–Crippen LogP) is 13.9. The van der Waals surface area contributed by atoms with E-state index in [1.54, 1.807) is 0 Å². The standard InChI is InChI=1S/C52H46N2/c1-51(2)45-29-13-12-28-43(45)44-33-32-42(36-46(44)51)54(41-26-10-5-11-27-41)48-31-15-19-38-21-17-35-52(50(38)48)34-16-20-37-18-14-30-47(49(37)52)53(39-22-6-3-7-23-39)40-24-8-4-9-25-40/h3-15,18-19,22-33,36H,16-17,20-21,34-35H2,1-2H3/t52-/m1/s1. The Kier molecular flexibility index (Phi) is 7.84. The summed E-state index contributed by atoms with van der Waals surface area (Å²) < 4.78 is 0. The van der Waals surface area contributed by atoms with Crippen molar-refractivity contribution in [2.45, 2.75) is 63.2 Å². The van der Waals surface area contributed by atoms with E-state index in [9.17, 15) is 0 Å². The highest BCUT2D eigenvalue weighted by Crippen LogP contribution is 2.58. The molecule has 3 aliphatic carbocycles. The first kappa shape index (κ1) is 32.8. The van der Waals surface area contributed by atoms with E-state index in [0.29, 0.717) is 0 Å². The van der Waals surface area contributed by atoms with Crippen LogP contribution < -0.4 is 9.80 Å². The lowest BCUT2D eigenvalue weighted by Crippen LogP contribution is -2.38. The molecule has 0 heterocycles. The monoisotopic (exact) mass is 698 g/mol. The van der Waals surface area contributed by atoms with Crippen LogP contribution in [0.4, 0.5) is 34.1 Å². The number of para-hydroxylation sites is 3. The Bertz CT molecular complexity index is 2440. The second kappa shape index (κ2) is 12.9. The largest absolute Gasteiger partial charge is 0.310 e. The molecular formula is C52H46N2. The number of rotatable bonds is 6. The van der Waals surface area contributed by atoms with Gasteiger partial charge in [0.2, 0.25) is 0 Å². The Hall–Kier alpha value is -5.86. The van der Waals surface area contributed by atoms with Crippen molar-refractivity contribution in [2.24, 2.45) is 0 Å². The zero-order chi connectivity index (χ0) is 36.3. The van der Waals surface area contributed by atoms with Crippen molar-refractivity contribution in [3.05, 3.63) is 203 Å². The highest BCUT2D eigenvalue weighted by molar-refractivity contribution is 5.88. The van der Waals surface area contributed by atoms with Crippen molar-refractivity contribution in [3.8, 4) is 11.1 Å². The average Bonchev–Trinajstić information content (AvgIpc) is 3.45. The zero-order valence-electron chi connectivity index (χ0n) is 31.3. The lowest BCUT2D eigenvalue weighted by molar-refractivity contribution is 0.369. The number of nitrogens with zero attached hydrogens (tertiary/aromatic N) is 2. The SMILES string of the molecule is CC1(C)c2ccccc2-c2ccc(N(c3ccccc3)c3cccc4c3[C@]3(CCCc5cccc(N(c6ccccc6)c6ccccc6)c53)CCC4)cc21. The zero-order valence-corrected chi connectivity index (χ0v) is 31.3. The summed E-state index contributed by atoms with van der Waals surface area (Å²) in [6.07, 6.45) is 6.82. The van der Waals surface area contributed by atoms with Gasteiger partial charge >= 0.3 is 0 Å². The molecule has 2 nitrogen and oxygen atoms in total. The molecule has 0 fully saturated rings. The fourth-order valence-corrected chi connectivity index (χ4v) is 10.4. The molecule has 0 radical (unpaired) electrons. The summed E-state index contributed by atoms with van der Waals surface area (Å²) in [4.78, 5) is 5.09. The molecule has 0 saturated carbocycles. The molecule has 54 heavy (non-hydrogen) atoms. The summed E-state index contributed by atoms with van der Waals surface area (Å²) in [6.45, 7) is 4.78. The van der Waals surface area contributed by atoms with Crippen LogP contribution in [0.5, 0.6) is 0 Å². The molecule has 1 atom stereocenters. The predicted molar refractivity (Wildman–Crippen MR) is 226 cm³/mol.